The van der Waals surface area contributed by atoms with Gasteiger partial charge in [0.1, 0.15) is 5.75 Å². The Morgan fingerprint density at radius 2 is 1.94 bits per heavy atom. The molecule has 0 radical (unpaired) electrons. The number of nitrogens with two attached hydrogens (primary N) is 1. The Morgan fingerprint density at radius 3 is 2.47 bits per heavy atom. The van der Waals surface area contributed by atoms with Crippen LogP contribution in [0.15, 0.2) is 24.3 Å². The standard InChI is InChI=1S/C14H23NO2/c1-5-14(2,3)17-13(10-15)11-8-6-7-9-12(11)16-4/h6-9,13H,5,10,15H2,1-4H3. The van der Waals surface area contributed by atoms with Crippen LogP contribution in [-0.4, -0.2) is 19.3 Å². The molecule has 0 saturated heterocycles. The Bertz CT molecular complexity index is 350. The fraction of sp³-hybridized carbons (Fsp3) is 0.571. The monoisotopic (exact) mass is 237 g/mol. The van der Waals surface area contributed by atoms with E-state index in [1.165, 1.54) is 0 Å². The van der Waals surface area contributed by atoms with Gasteiger partial charge in [0.15, 0.2) is 0 Å². The minimum absolute atomic E-state index is 0.124. The van der Waals surface area contributed by atoms with Gasteiger partial charge in [0.05, 0.1) is 18.8 Å². The van der Waals surface area contributed by atoms with Crippen LogP contribution < -0.4 is 10.5 Å². The highest BCUT2D eigenvalue weighted by atomic mass is 16.5. The van der Waals surface area contributed by atoms with E-state index in [4.69, 9.17) is 15.2 Å². The summed E-state index contributed by atoms with van der Waals surface area (Å²) in [5.41, 5.74) is 6.65. The largest absolute Gasteiger partial charge is 0.496 e. The van der Waals surface area contributed by atoms with Crippen molar-refractivity contribution in [3.05, 3.63) is 29.8 Å². The zero-order valence-electron chi connectivity index (χ0n) is 11.2. The van der Waals surface area contributed by atoms with Gasteiger partial charge in [-0.2, -0.15) is 0 Å². The van der Waals surface area contributed by atoms with E-state index in [1.54, 1.807) is 7.11 Å². The van der Waals surface area contributed by atoms with Gasteiger partial charge in [0.2, 0.25) is 0 Å². The normalized spacial score (nSPS) is 13.5. The number of hydrogen-bond acceptors (Lipinski definition) is 3. The molecule has 2 N–H and O–H groups in total. The summed E-state index contributed by atoms with van der Waals surface area (Å²) in [5.74, 6) is 0.829. The van der Waals surface area contributed by atoms with Crippen molar-refractivity contribution in [2.24, 2.45) is 5.73 Å². The molecule has 0 aromatic heterocycles. The van der Waals surface area contributed by atoms with Crippen LogP contribution in [0.5, 0.6) is 5.75 Å². The first kappa shape index (κ1) is 14.0. The van der Waals surface area contributed by atoms with Crippen molar-refractivity contribution in [2.45, 2.75) is 38.9 Å². The Morgan fingerprint density at radius 1 is 1.29 bits per heavy atom. The second-order valence-corrected chi connectivity index (χ2v) is 4.70. The molecular formula is C14H23NO2. The van der Waals surface area contributed by atoms with E-state index in [9.17, 15) is 0 Å². The fourth-order valence-corrected chi connectivity index (χ4v) is 1.64. The molecule has 1 rings (SSSR count). The molecule has 0 heterocycles. The molecule has 1 aromatic rings. The number of para-hydroxylation sites is 1. The molecule has 0 bridgehead atoms. The van der Waals surface area contributed by atoms with Crippen LogP contribution in [0.4, 0.5) is 0 Å². The van der Waals surface area contributed by atoms with Crippen LogP contribution in [0, 0.1) is 0 Å². The summed E-state index contributed by atoms with van der Waals surface area (Å²) in [6.45, 7) is 6.70. The van der Waals surface area contributed by atoms with E-state index in [0.717, 1.165) is 17.7 Å². The zero-order chi connectivity index (χ0) is 12.9. The van der Waals surface area contributed by atoms with Gasteiger partial charge >= 0.3 is 0 Å². The van der Waals surface area contributed by atoms with Crippen molar-refractivity contribution >= 4 is 0 Å². The summed E-state index contributed by atoms with van der Waals surface area (Å²) < 4.78 is 11.4. The van der Waals surface area contributed by atoms with Crippen LogP contribution >= 0.6 is 0 Å². The van der Waals surface area contributed by atoms with Crippen LogP contribution in [0.25, 0.3) is 0 Å². The summed E-state index contributed by atoms with van der Waals surface area (Å²) in [7, 11) is 1.66. The minimum atomic E-state index is -0.176. The summed E-state index contributed by atoms with van der Waals surface area (Å²) >= 11 is 0. The second kappa shape index (κ2) is 6.03. The van der Waals surface area contributed by atoms with Crippen LogP contribution in [-0.2, 0) is 4.74 Å². The predicted octanol–water partition coefficient (Wildman–Crippen LogP) is 2.90. The first-order valence-electron chi connectivity index (χ1n) is 6.05. The average Bonchev–Trinajstić information content (AvgIpc) is 2.36. The molecule has 3 heteroatoms. The maximum atomic E-state index is 6.06. The molecule has 1 atom stereocenters. The van der Waals surface area contributed by atoms with Gasteiger partial charge < -0.3 is 15.2 Å². The third-order valence-corrected chi connectivity index (χ3v) is 3.01. The van der Waals surface area contributed by atoms with E-state index < -0.39 is 0 Å². The Kier molecular flexibility index (Phi) is 4.97. The third-order valence-electron chi connectivity index (χ3n) is 3.01. The zero-order valence-corrected chi connectivity index (χ0v) is 11.2. The topological polar surface area (TPSA) is 44.5 Å². The SMILES string of the molecule is CCC(C)(C)OC(CN)c1ccccc1OC. The number of rotatable bonds is 6. The van der Waals surface area contributed by atoms with Crippen molar-refractivity contribution in [3.63, 3.8) is 0 Å². The van der Waals surface area contributed by atoms with Gasteiger partial charge in [0.25, 0.3) is 0 Å². The molecule has 0 fully saturated rings. The van der Waals surface area contributed by atoms with Gasteiger partial charge in [-0.1, -0.05) is 25.1 Å². The van der Waals surface area contributed by atoms with Gasteiger partial charge in [-0.05, 0) is 26.3 Å². The lowest BCUT2D eigenvalue weighted by Gasteiger charge is -2.30. The number of hydrogen-bond donors (Lipinski definition) is 1. The Balaban J connectivity index is 2.93. The molecule has 1 unspecified atom stereocenters. The van der Waals surface area contributed by atoms with E-state index in [-0.39, 0.29) is 11.7 Å². The maximum Gasteiger partial charge on any atom is 0.124 e. The molecule has 0 aliphatic rings. The number of ether oxygens (including phenoxy) is 2. The highest BCUT2D eigenvalue weighted by Gasteiger charge is 2.24. The Labute approximate surface area is 104 Å². The summed E-state index contributed by atoms with van der Waals surface area (Å²) in [4.78, 5) is 0. The van der Waals surface area contributed by atoms with Gasteiger partial charge in [-0.25, -0.2) is 0 Å². The predicted molar refractivity (Wildman–Crippen MR) is 70.2 cm³/mol. The summed E-state index contributed by atoms with van der Waals surface area (Å²) in [5, 5.41) is 0. The molecule has 0 amide bonds. The van der Waals surface area contributed by atoms with Crippen LogP contribution in [0.1, 0.15) is 38.9 Å². The first-order valence-corrected chi connectivity index (χ1v) is 6.05. The molecule has 0 aliphatic carbocycles. The number of benzene rings is 1. The second-order valence-electron chi connectivity index (χ2n) is 4.70. The van der Waals surface area contributed by atoms with E-state index >= 15 is 0 Å². The van der Waals surface area contributed by atoms with Crippen molar-refractivity contribution in [3.8, 4) is 5.75 Å². The van der Waals surface area contributed by atoms with Crippen LogP contribution in [0.3, 0.4) is 0 Å². The fourth-order valence-electron chi connectivity index (χ4n) is 1.64. The lowest BCUT2D eigenvalue weighted by atomic mass is 10.0. The quantitative estimate of drug-likeness (QED) is 0.827. The van der Waals surface area contributed by atoms with Crippen LogP contribution in [0.2, 0.25) is 0 Å². The lowest BCUT2D eigenvalue weighted by molar-refractivity contribution is -0.0719. The van der Waals surface area contributed by atoms with Crippen molar-refractivity contribution in [1.82, 2.24) is 0 Å². The molecule has 0 spiro atoms. The van der Waals surface area contributed by atoms with Crippen molar-refractivity contribution < 1.29 is 9.47 Å². The van der Waals surface area contributed by atoms with Gasteiger partial charge in [-0.15, -0.1) is 0 Å². The molecule has 96 valence electrons. The molecular weight excluding hydrogens is 214 g/mol. The Hall–Kier alpha value is -1.06. The average molecular weight is 237 g/mol. The first-order chi connectivity index (χ1) is 8.04. The smallest absolute Gasteiger partial charge is 0.124 e. The molecule has 1 aromatic carbocycles. The highest BCUT2D eigenvalue weighted by molar-refractivity contribution is 5.35. The molecule has 3 nitrogen and oxygen atoms in total. The minimum Gasteiger partial charge on any atom is -0.496 e. The van der Waals surface area contributed by atoms with Crippen molar-refractivity contribution in [2.75, 3.05) is 13.7 Å². The van der Waals surface area contributed by atoms with E-state index in [0.29, 0.717) is 6.54 Å². The maximum absolute atomic E-state index is 6.06. The van der Waals surface area contributed by atoms with E-state index in [1.807, 2.05) is 24.3 Å². The molecule has 17 heavy (non-hydrogen) atoms. The number of methoxy groups -OCH3 is 1. The molecule has 0 aliphatic heterocycles. The van der Waals surface area contributed by atoms with Crippen molar-refractivity contribution in [1.29, 1.82) is 0 Å². The summed E-state index contributed by atoms with van der Waals surface area (Å²) in [6.07, 6.45) is 0.819. The lowest BCUT2D eigenvalue weighted by Crippen LogP contribution is -2.29. The summed E-state index contributed by atoms with van der Waals surface area (Å²) in [6, 6.07) is 7.85. The van der Waals surface area contributed by atoms with Gasteiger partial charge in [0, 0.05) is 12.1 Å². The van der Waals surface area contributed by atoms with E-state index in [2.05, 4.69) is 20.8 Å². The highest BCUT2D eigenvalue weighted by Crippen LogP contribution is 2.31. The molecule has 0 saturated carbocycles. The van der Waals surface area contributed by atoms with Gasteiger partial charge in [-0.3, -0.25) is 0 Å². The third kappa shape index (κ3) is 3.72.